The molecule has 4 rings (SSSR count). The van der Waals surface area contributed by atoms with E-state index in [1.165, 1.54) is 4.68 Å². The average Bonchev–Trinajstić information content (AvgIpc) is 3.11. The highest BCUT2D eigenvalue weighted by Crippen LogP contribution is 2.31. The van der Waals surface area contributed by atoms with Crippen LogP contribution in [0.1, 0.15) is 5.56 Å². The Morgan fingerprint density at radius 2 is 1.81 bits per heavy atom. The van der Waals surface area contributed by atoms with Gasteiger partial charge < -0.3 is 14.9 Å². The van der Waals surface area contributed by atoms with Crippen LogP contribution in [0, 0.1) is 11.6 Å². The van der Waals surface area contributed by atoms with Crippen molar-refractivity contribution in [2.45, 2.75) is 19.3 Å². The fourth-order valence-corrected chi connectivity index (χ4v) is 3.65. The summed E-state index contributed by atoms with van der Waals surface area (Å²) >= 11 is 6.03. The normalized spacial score (nSPS) is 12.3. The van der Waals surface area contributed by atoms with E-state index in [-0.39, 0.29) is 23.7 Å². The van der Waals surface area contributed by atoms with Gasteiger partial charge in [0, 0.05) is 11.1 Å². The van der Waals surface area contributed by atoms with Crippen molar-refractivity contribution >= 4 is 22.5 Å². The van der Waals surface area contributed by atoms with E-state index >= 15 is 0 Å². The molecule has 1 atom stereocenters. The number of aliphatic hydroxyl groups excluding tert-OH is 2. The van der Waals surface area contributed by atoms with E-state index in [9.17, 15) is 18.7 Å². The van der Waals surface area contributed by atoms with Crippen LogP contribution in [0.15, 0.2) is 59.4 Å². The molecular formula is C23H19ClF2N2O4. The number of halogens is 3. The molecule has 0 bridgehead atoms. The third-order valence-electron chi connectivity index (χ3n) is 5.05. The number of H-pyrrole nitrogens is 1. The average molecular weight is 461 g/mol. The van der Waals surface area contributed by atoms with Gasteiger partial charge in [0.2, 0.25) is 0 Å². The summed E-state index contributed by atoms with van der Waals surface area (Å²) in [5.74, 6) is -1.46. The van der Waals surface area contributed by atoms with Gasteiger partial charge >= 0.3 is 0 Å². The number of aliphatic hydroxyl groups is 2. The van der Waals surface area contributed by atoms with Crippen molar-refractivity contribution in [2.75, 3.05) is 6.61 Å². The first-order chi connectivity index (χ1) is 15.4. The van der Waals surface area contributed by atoms with Crippen molar-refractivity contribution in [3.8, 4) is 16.9 Å². The molecule has 1 aromatic heterocycles. The van der Waals surface area contributed by atoms with Crippen LogP contribution in [0.5, 0.6) is 5.75 Å². The zero-order chi connectivity index (χ0) is 22.8. The highest BCUT2D eigenvalue weighted by atomic mass is 35.5. The molecule has 9 heteroatoms. The van der Waals surface area contributed by atoms with Crippen LogP contribution >= 0.6 is 11.6 Å². The Morgan fingerprint density at radius 1 is 1.09 bits per heavy atom. The summed E-state index contributed by atoms with van der Waals surface area (Å²) in [6.07, 6.45) is -1.05. The molecule has 3 N–H and O–H groups in total. The van der Waals surface area contributed by atoms with E-state index in [2.05, 4.69) is 5.10 Å². The van der Waals surface area contributed by atoms with Gasteiger partial charge in [-0.2, -0.15) is 0 Å². The largest absolute Gasteiger partial charge is 0.489 e. The highest BCUT2D eigenvalue weighted by molar-refractivity contribution is 6.33. The van der Waals surface area contributed by atoms with Crippen molar-refractivity contribution in [2.24, 2.45) is 0 Å². The first-order valence-corrected chi connectivity index (χ1v) is 10.1. The van der Waals surface area contributed by atoms with E-state index in [0.717, 1.165) is 17.7 Å². The lowest BCUT2D eigenvalue weighted by atomic mass is 10.1. The summed E-state index contributed by atoms with van der Waals surface area (Å²) in [5.41, 5.74) is 1.97. The van der Waals surface area contributed by atoms with Gasteiger partial charge in [-0.3, -0.25) is 9.89 Å². The maximum atomic E-state index is 13.6. The second-order valence-corrected chi connectivity index (χ2v) is 7.67. The molecule has 0 amide bonds. The second kappa shape index (κ2) is 9.12. The summed E-state index contributed by atoms with van der Waals surface area (Å²) in [5, 5.41) is 22.1. The molecule has 0 radical (unpaired) electrons. The van der Waals surface area contributed by atoms with Gasteiger partial charge in [-0.15, -0.1) is 0 Å². The van der Waals surface area contributed by atoms with Gasteiger partial charge in [0.1, 0.15) is 12.4 Å². The number of benzene rings is 3. The molecule has 0 aliphatic heterocycles. The summed E-state index contributed by atoms with van der Waals surface area (Å²) in [6.45, 7) is -0.354. The molecule has 0 fully saturated rings. The molecule has 0 spiro atoms. The van der Waals surface area contributed by atoms with E-state index in [1.807, 2.05) is 0 Å². The number of hydrogen-bond donors (Lipinski definition) is 3. The van der Waals surface area contributed by atoms with Crippen LogP contribution in [0.2, 0.25) is 5.02 Å². The zero-order valence-electron chi connectivity index (χ0n) is 16.7. The third-order valence-corrected chi connectivity index (χ3v) is 5.36. The number of nitrogens with one attached hydrogen (secondary N) is 1. The molecule has 6 nitrogen and oxygen atoms in total. The molecule has 0 saturated carbocycles. The van der Waals surface area contributed by atoms with E-state index < -0.39 is 24.3 Å². The van der Waals surface area contributed by atoms with Crippen molar-refractivity contribution in [1.82, 2.24) is 9.78 Å². The number of nitrogens with zero attached hydrogens (tertiary/aromatic N) is 1. The Balaban J connectivity index is 1.53. The number of aromatic amines is 1. The lowest BCUT2D eigenvalue weighted by molar-refractivity contribution is 0.0776. The fraction of sp³-hybridized carbons (Fsp3) is 0.174. The SMILES string of the molecule is O=c1c2cccc(COc3ccc(-c4cc(F)c(F)cc4Cl)cc3)c2[nH]n1C[C@H](O)CO. The van der Waals surface area contributed by atoms with Crippen LogP contribution in [0.3, 0.4) is 0 Å². The highest BCUT2D eigenvalue weighted by Gasteiger charge is 2.14. The third kappa shape index (κ3) is 4.38. The monoisotopic (exact) mass is 460 g/mol. The van der Waals surface area contributed by atoms with Crippen molar-refractivity contribution in [1.29, 1.82) is 0 Å². The van der Waals surface area contributed by atoms with Gasteiger partial charge in [-0.25, -0.2) is 13.5 Å². The molecule has 32 heavy (non-hydrogen) atoms. The number of rotatable bonds is 7. The van der Waals surface area contributed by atoms with Gasteiger partial charge in [0.05, 0.1) is 35.2 Å². The van der Waals surface area contributed by atoms with Crippen LogP contribution in [-0.2, 0) is 13.2 Å². The zero-order valence-corrected chi connectivity index (χ0v) is 17.4. The van der Waals surface area contributed by atoms with Crippen molar-refractivity contribution in [3.63, 3.8) is 0 Å². The summed E-state index contributed by atoms with van der Waals surface area (Å²) < 4.78 is 33.9. The van der Waals surface area contributed by atoms with Gasteiger partial charge in [0.15, 0.2) is 11.6 Å². The maximum Gasteiger partial charge on any atom is 0.274 e. The summed E-state index contributed by atoms with van der Waals surface area (Å²) in [4.78, 5) is 12.5. The predicted molar refractivity (Wildman–Crippen MR) is 117 cm³/mol. The number of ether oxygens (including phenoxy) is 1. The Labute approximate surface area is 186 Å². The lowest BCUT2D eigenvalue weighted by Crippen LogP contribution is -2.27. The van der Waals surface area contributed by atoms with Gasteiger partial charge in [-0.1, -0.05) is 35.9 Å². The van der Waals surface area contributed by atoms with Crippen LogP contribution in [-0.4, -0.2) is 32.7 Å². The molecule has 0 unspecified atom stereocenters. The molecule has 3 aromatic carbocycles. The lowest BCUT2D eigenvalue weighted by Gasteiger charge is -2.10. The smallest absolute Gasteiger partial charge is 0.274 e. The van der Waals surface area contributed by atoms with E-state index in [4.69, 9.17) is 21.4 Å². The van der Waals surface area contributed by atoms with E-state index in [0.29, 0.717) is 27.8 Å². The Hall–Kier alpha value is -3.20. The topological polar surface area (TPSA) is 87.5 Å². The maximum absolute atomic E-state index is 13.6. The first-order valence-electron chi connectivity index (χ1n) is 9.74. The minimum Gasteiger partial charge on any atom is -0.489 e. The van der Waals surface area contributed by atoms with E-state index in [1.54, 1.807) is 42.5 Å². The first kappa shape index (κ1) is 22.0. The minimum atomic E-state index is -1.05. The Bertz CT molecular complexity index is 1320. The molecule has 0 aliphatic rings. The molecule has 0 saturated heterocycles. The molecule has 0 aliphatic carbocycles. The predicted octanol–water partition coefficient (Wildman–Crippen LogP) is 3.86. The standard InChI is InChI=1S/C23H19ClF2N2O4/c24-19-9-21(26)20(25)8-18(19)13-4-6-16(7-5-13)32-12-14-2-1-3-17-22(14)27-28(23(17)31)10-15(30)11-29/h1-9,15,27,29-30H,10-12H2/t15-/m0/s1. The number of aromatic nitrogens is 2. The second-order valence-electron chi connectivity index (χ2n) is 7.26. The van der Waals surface area contributed by atoms with Crippen molar-refractivity contribution < 1.29 is 23.7 Å². The Morgan fingerprint density at radius 3 is 2.53 bits per heavy atom. The van der Waals surface area contributed by atoms with Crippen LogP contribution in [0.4, 0.5) is 8.78 Å². The Kier molecular flexibility index (Phi) is 6.27. The molecular weight excluding hydrogens is 442 g/mol. The van der Waals surface area contributed by atoms with Gasteiger partial charge in [-0.05, 0) is 35.9 Å². The number of para-hydroxylation sites is 1. The van der Waals surface area contributed by atoms with Crippen LogP contribution in [0.25, 0.3) is 22.0 Å². The summed E-state index contributed by atoms with van der Waals surface area (Å²) in [7, 11) is 0. The fourth-order valence-electron chi connectivity index (χ4n) is 3.39. The number of hydrogen-bond acceptors (Lipinski definition) is 4. The van der Waals surface area contributed by atoms with Gasteiger partial charge in [0.25, 0.3) is 5.56 Å². The molecule has 166 valence electrons. The summed E-state index contributed by atoms with van der Waals surface area (Å²) in [6, 6.07) is 13.9. The van der Waals surface area contributed by atoms with Crippen molar-refractivity contribution in [3.05, 3.63) is 87.2 Å². The quantitative estimate of drug-likeness (QED) is 0.365. The molecule has 4 aromatic rings. The molecule has 1 heterocycles. The number of fused-ring (bicyclic) bond motifs is 1. The van der Waals surface area contributed by atoms with Crippen LogP contribution < -0.4 is 10.3 Å². The minimum absolute atomic E-state index is 0.0572.